The maximum atomic E-state index is 13.1. The molecule has 0 aromatic heterocycles. The molecule has 0 unspecified atom stereocenters. The van der Waals surface area contributed by atoms with Crippen LogP contribution in [0.25, 0.3) is 0 Å². The van der Waals surface area contributed by atoms with E-state index in [2.05, 4.69) is 9.64 Å². The molecule has 0 atom stereocenters. The van der Waals surface area contributed by atoms with Gasteiger partial charge in [-0.05, 0) is 42.3 Å². The number of rotatable bonds is 6. The number of carbonyl (C=O) groups is 1. The van der Waals surface area contributed by atoms with Crippen molar-refractivity contribution in [3.05, 3.63) is 59.4 Å². The van der Waals surface area contributed by atoms with Gasteiger partial charge in [0.05, 0.1) is 7.11 Å². The number of ether oxygens (including phenoxy) is 2. The zero-order valence-corrected chi connectivity index (χ0v) is 16.1. The molecule has 1 fully saturated rings. The minimum atomic E-state index is -3.01. The van der Waals surface area contributed by atoms with Crippen molar-refractivity contribution in [1.82, 2.24) is 9.80 Å². The standard InChI is InChI=1S/C21H23F3N2O3/c1-28-18-8-5-16(13-19(18)29-21(23)24)20(27)26-10-2-9-25(11-12-26)14-15-3-6-17(22)7-4-15/h3-8,13,21H,2,9-12,14H2,1H3. The van der Waals surface area contributed by atoms with Crippen LogP contribution < -0.4 is 9.47 Å². The maximum absolute atomic E-state index is 13.1. The average Bonchev–Trinajstić information content (AvgIpc) is 2.94. The molecule has 2 aromatic carbocycles. The fourth-order valence-electron chi connectivity index (χ4n) is 3.36. The molecule has 2 aromatic rings. The summed E-state index contributed by atoms with van der Waals surface area (Å²) in [6.45, 7) is 0.222. The van der Waals surface area contributed by atoms with Gasteiger partial charge in [0, 0.05) is 38.3 Å². The van der Waals surface area contributed by atoms with Crippen LogP contribution in [0.4, 0.5) is 13.2 Å². The first-order valence-corrected chi connectivity index (χ1v) is 9.35. The average molecular weight is 408 g/mol. The second kappa shape index (κ2) is 9.65. The summed E-state index contributed by atoms with van der Waals surface area (Å²) in [4.78, 5) is 16.8. The number of amides is 1. The SMILES string of the molecule is COc1ccc(C(=O)N2CCCN(Cc3ccc(F)cc3)CC2)cc1OC(F)F. The van der Waals surface area contributed by atoms with Gasteiger partial charge in [-0.3, -0.25) is 9.69 Å². The van der Waals surface area contributed by atoms with Crippen molar-refractivity contribution >= 4 is 5.91 Å². The smallest absolute Gasteiger partial charge is 0.387 e. The van der Waals surface area contributed by atoms with Gasteiger partial charge in [-0.2, -0.15) is 8.78 Å². The fraction of sp³-hybridized carbons (Fsp3) is 0.381. The number of hydrogen-bond donors (Lipinski definition) is 0. The van der Waals surface area contributed by atoms with Gasteiger partial charge in [0.25, 0.3) is 5.91 Å². The molecule has 1 heterocycles. The van der Waals surface area contributed by atoms with Crippen LogP contribution >= 0.6 is 0 Å². The molecule has 5 nitrogen and oxygen atoms in total. The first-order valence-electron chi connectivity index (χ1n) is 9.35. The Hall–Kier alpha value is -2.74. The Morgan fingerprint density at radius 2 is 1.79 bits per heavy atom. The van der Waals surface area contributed by atoms with E-state index in [9.17, 15) is 18.0 Å². The minimum Gasteiger partial charge on any atom is -0.493 e. The Kier molecular flexibility index (Phi) is 6.98. The summed E-state index contributed by atoms with van der Waals surface area (Å²) >= 11 is 0. The van der Waals surface area contributed by atoms with E-state index in [0.717, 1.165) is 18.5 Å². The third-order valence-electron chi connectivity index (χ3n) is 4.82. The topological polar surface area (TPSA) is 42.0 Å². The lowest BCUT2D eigenvalue weighted by Gasteiger charge is -2.22. The number of carbonyl (C=O) groups excluding carboxylic acids is 1. The van der Waals surface area contributed by atoms with Crippen molar-refractivity contribution in [2.75, 3.05) is 33.3 Å². The number of alkyl halides is 2. The fourth-order valence-corrected chi connectivity index (χ4v) is 3.36. The minimum absolute atomic E-state index is 0.142. The van der Waals surface area contributed by atoms with Gasteiger partial charge >= 0.3 is 6.61 Å². The van der Waals surface area contributed by atoms with Crippen molar-refractivity contribution in [2.45, 2.75) is 19.6 Å². The van der Waals surface area contributed by atoms with E-state index in [0.29, 0.717) is 26.2 Å². The number of nitrogens with zero attached hydrogens (tertiary/aromatic N) is 2. The Bertz CT molecular complexity index is 830. The first kappa shape index (κ1) is 21.0. The molecular formula is C21H23F3N2O3. The van der Waals surface area contributed by atoms with E-state index >= 15 is 0 Å². The van der Waals surface area contributed by atoms with E-state index in [1.807, 2.05) is 0 Å². The van der Waals surface area contributed by atoms with Crippen LogP contribution in [0.15, 0.2) is 42.5 Å². The monoisotopic (exact) mass is 408 g/mol. The number of benzene rings is 2. The van der Waals surface area contributed by atoms with Crippen molar-refractivity contribution in [3.63, 3.8) is 0 Å². The molecule has 1 aliphatic rings. The number of hydrogen-bond acceptors (Lipinski definition) is 4. The van der Waals surface area contributed by atoms with Crippen LogP contribution in [-0.2, 0) is 6.54 Å². The van der Waals surface area contributed by atoms with Gasteiger partial charge in [-0.15, -0.1) is 0 Å². The second-order valence-electron chi connectivity index (χ2n) is 6.79. The van der Waals surface area contributed by atoms with E-state index in [1.54, 1.807) is 23.1 Å². The Labute approximate surface area is 167 Å². The molecule has 0 bridgehead atoms. The van der Waals surface area contributed by atoms with Crippen molar-refractivity contribution in [1.29, 1.82) is 0 Å². The normalized spacial score (nSPS) is 15.3. The van der Waals surface area contributed by atoms with Gasteiger partial charge in [0.2, 0.25) is 0 Å². The zero-order valence-electron chi connectivity index (χ0n) is 16.1. The lowest BCUT2D eigenvalue weighted by molar-refractivity contribution is -0.0512. The van der Waals surface area contributed by atoms with E-state index < -0.39 is 6.61 Å². The summed E-state index contributed by atoms with van der Waals surface area (Å²) in [6, 6.07) is 10.7. The highest BCUT2D eigenvalue weighted by Gasteiger charge is 2.22. The van der Waals surface area contributed by atoms with Crippen LogP contribution in [0.5, 0.6) is 11.5 Å². The highest BCUT2D eigenvalue weighted by Crippen LogP contribution is 2.30. The predicted octanol–water partition coefficient (Wildman–Crippen LogP) is 3.78. The van der Waals surface area contributed by atoms with E-state index in [1.165, 1.54) is 31.4 Å². The van der Waals surface area contributed by atoms with Gasteiger partial charge in [0.15, 0.2) is 11.5 Å². The summed E-state index contributed by atoms with van der Waals surface area (Å²) in [5, 5.41) is 0. The summed E-state index contributed by atoms with van der Waals surface area (Å²) in [5.74, 6) is -0.532. The molecule has 1 amide bonds. The molecule has 0 saturated carbocycles. The largest absolute Gasteiger partial charge is 0.493 e. The highest BCUT2D eigenvalue weighted by atomic mass is 19.3. The Morgan fingerprint density at radius 1 is 1.03 bits per heavy atom. The van der Waals surface area contributed by atoms with Crippen molar-refractivity contribution in [3.8, 4) is 11.5 Å². The number of methoxy groups -OCH3 is 1. The van der Waals surface area contributed by atoms with Crippen LogP contribution in [0.1, 0.15) is 22.3 Å². The molecule has 0 aliphatic carbocycles. The first-order chi connectivity index (χ1) is 14.0. The molecule has 3 rings (SSSR count). The van der Waals surface area contributed by atoms with Crippen LogP contribution in [0, 0.1) is 5.82 Å². The van der Waals surface area contributed by atoms with Crippen LogP contribution in [0.2, 0.25) is 0 Å². The zero-order chi connectivity index (χ0) is 20.8. The molecule has 0 N–H and O–H groups in total. The molecular weight excluding hydrogens is 385 g/mol. The third kappa shape index (κ3) is 5.63. The number of halogens is 3. The van der Waals surface area contributed by atoms with Crippen LogP contribution in [-0.4, -0.2) is 55.6 Å². The van der Waals surface area contributed by atoms with Gasteiger partial charge in [0.1, 0.15) is 5.82 Å². The molecule has 1 saturated heterocycles. The molecule has 0 spiro atoms. The molecule has 1 aliphatic heterocycles. The molecule has 29 heavy (non-hydrogen) atoms. The summed E-state index contributed by atoms with van der Waals surface area (Å²) < 4.78 is 47.8. The quantitative estimate of drug-likeness (QED) is 0.730. The van der Waals surface area contributed by atoms with Gasteiger partial charge in [-0.25, -0.2) is 4.39 Å². The molecule has 0 radical (unpaired) electrons. The van der Waals surface area contributed by atoms with Crippen molar-refractivity contribution in [2.24, 2.45) is 0 Å². The second-order valence-corrected chi connectivity index (χ2v) is 6.79. The summed E-state index contributed by atoms with van der Waals surface area (Å²) in [7, 11) is 1.35. The van der Waals surface area contributed by atoms with Gasteiger partial charge < -0.3 is 14.4 Å². The van der Waals surface area contributed by atoms with Crippen molar-refractivity contribution < 1.29 is 27.4 Å². The Morgan fingerprint density at radius 3 is 2.48 bits per heavy atom. The lowest BCUT2D eigenvalue weighted by atomic mass is 10.1. The summed E-state index contributed by atoms with van der Waals surface area (Å²) in [6.07, 6.45) is 0.781. The maximum Gasteiger partial charge on any atom is 0.387 e. The predicted molar refractivity (Wildman–Crippen MR) is 102 cm³/mol. The lowest BCUT2D eigenvalue weighted by Crippen LogP contribution is -2.35. The molecule has 8 heteroatoms. The van der Waals surface area contributed by atoms with E-state index in [-0.39, 0.29) is 28.8 Å². The highest BCUT2D eigenvalue weighted by molar-refractivity contribution is 5.95. The third-order valence-corrected chi connectivity index (χ3v) is 4.82. The van der Waals surface area contributed by atoms with Gasteiger partial charge in [-0.1, -0.05) is 12.1 Å². The molecule has 156 valence electrons. The summed E-state index contributed by atoms with van der Waals surface area (Å²) in [5.41, 5.74) is 1.28. The van der Waals surface area contributed by atoms with E-state index in [4.69, 9.17) is 4.74 Å². The van der Waals surface area contributed by atoms with Crippen LogP contribution in [0.3, 0.4) is 0 Å². The Balaban J connectivity index is 1.65.